The summed E-state index contributed by atoms with van der Waals surface area (Å²) < 4.78 is 15.7. The minimum Gasteiger partial charge on any atom is -0.493 e. The van der Waals surface area contributed by atoms with E-state index in [1.807, 2.05) is 0 Å². The molecule has 1 N–H and O–H groups in total. The lowest BCUT2D eigenvalue weighted by atomic mass is 9.92. The Labute approximate surface area is 187 Å². The molecule has 1 saturated carbocycles. The molecule has 2 fully saturated rings. The second-order valence-electron chi connectivity index (χ2n) is 8.23. The van der Waals surface area contributed by atoms with E-state index in [2.05, 4.69) is 5.32 Å². The van der Waals surface area contributed by atoms with Gasteiger partial charge in [0.25, 0.3) is 5.91 Å². The van der Waals surface area contributed by atoms with Crippen molar-refractivity contribution in [3.63, 3.8) is 0 Å². The number of nitrogens with zero attached hydrogens (tertiary/aromatic N) is 2. The Morgan fingerprint density at radius 1 is 1.03 bits per heavy atom. The number of carbonyl (C=O) groups is 2. The van der Waals surface area contributed by atoms with Crippen molar-refractivity contribution in [1.82, 2.24) is 10.2 Å². The van der Waals surface area contributed by atoms with Gasteiger partial charge in [0, 0.05) is 25.2 Å². The zero-order chi connectivity index (χ0) is 23.3. The molecular formula is C22H31N3O7. The van der Waals surface area contributed by atoms with E-state index < -0.39 is 16.5 Å². The number of likely N-dealkylation sites (tertiary alicyclic amines) is 1. The maximum absolute atomic E-state index is 13.4. The number of methoxy groups -OCH3 is 3. The van der Waals surface area contributed by atoms with Crippen molar-refractivity contribution in [2.24, 2.45) is 5.92 Å². The summed E-state index contributed by atoms with van der Waals surface area (Å²) in [5, 5.41) is 15.0. The van der Waals surface area contributed by atoms with Gasteiger partial charge in [-0.3, -0.25) is 19.7 Å². The van der Waals surface area contributed by atoms with Gasteiger partial charge in [0.2, 0.25) is 17.4 Å². The molecule has 176 valence electrons. The van der Waals surface area contributed by atoms with Crippen LogP contribution in [0.3, 0.4) is 0 Å². The van der Waals surface area contributed by atoms with Crippen LogP contribution in [0, 0.1) is 16.0 Å². The molecule has 0 spiro atoms. The van der Waals surface area contributed by atoms with Crippen molar-refractivity contribution < 1.29 is 28.7 Å². The molecule has 1 saturated heterocycles. The van der Waals surface area contributed by atoms with Crippen molar-refractivity contribution in [1.29, 1.82) is 0 Å². The smallest absolute Gasteiger partial charge is 0.327 e. The number of amides is 2. The number of ether oxygens (including phenoxy) is 3. The summed E-state index contributed by atoms with van der Waals surface area (Å²) in [5.41, 5.74) is -0.637. The van der Waals surface area contributed by atoms with Gasteiger partial charge >= 0.3 is 5.69 Å². The third kappa shape index (κ3) is 4.89. The number of benzene rings is 1. The van der Waals surface area contributed by atoms with E-state index in [1.54, 1.807) is 0 Å². The molecule has 3 rings (SSSR count). The largest absolute Gasteiger partial charge is 0.493 e. The Bertz CT molecular complexity index is 868. The van der Waals surface area contributed by atoms with Gasteiger partial charge in [0.15, 0.2) is 5.75 Å². The first-order valence-corrected chi connectivity index (χ1v) is 11.0. The second-order valence-corrected chi connectivity index (χ2v) is 8.23. The standard InChI is InChI=1S/C22H31N3O7/c1-30-17-12-16(18(25(28)29)20(32-3)19(17)31-2)22(27)24-11-7-8-14(13-24)21(26)23-15-9-5-4-6-10-15/h12,14-15H,4-11,13H2,1-3H3,(H,23,26). The molecule has 0 aromatic heterocycles. The van der Waals surface area contributed by atoms with Gasteiger partial charge in [0.05, 0.1) is 32.2 Å². The molecule has 1 aromatic rings. The minimum atomic E-state index is -0.661. The van der Waals surface area contributed by atoms with Crippen LogP contribution < -0.4 is 19.5 Å². The Morgan fingerprint density at radius 3 is 2.31 bits per heavy atom. The third-order valence-corrected chi connectivity index (χ3v) is 6.25. The Balaban J connectivity index is 1.84. The average molecular weight is 450 g/mol. The predicted octanol–water partition coefficient (Wildman–Crippen LogP) is 2.92. The fraction of sp³-hybridized carbons (Fsp3) is 0.636. The number of nitrogens with one attached hydrogen (secondary N) is 1. The summed E-state index contributed by atoms with van der Waals surface area (Å²) in [7, 11) is 3.99. The van der Waals surface area contributed by atoms with Gasteiger partial charge in [-0.15, -0.1) is 0 Å². The van der Waals surface area contributed by atoms with E-state index >= 15 is 0 Å². The van der Waals surface area contributed by atoms with Crippen molar-refractivity contribution in [3.05, 3.63) is 21.7 Å². The molecule has 0 radical (unpaired) electrons. The lowest BCUT2D eigenvalue weighted by molar-refractivity contribution is -0.386. The van der Waals surface area contributed by atoms with Crippen LogP contribution in [0.5, 0.6) is 17.2 Å². The SMILES string of the molecule is COc1cc(C(=O)N2CCCC(C(=O)NC3CCCCC3)C2)c([N+](=O)[O-])c(OC)c1OC. The molecule has 1 unspecified atom stereocenters. The molecule has 1 aliphatic heterocycles. The molecule has 1 heterocycles. The first-order valence-electron chi connectivity index (χ1n) is 11.0. The van der Waals surface area contributed by atoms with E-state index in [0.717, 1.165) is 25.7 Å². The van der Waals surface area contributed by atoms with E-state index in [0.29, 0.717) is 19.4 Å². The highest BCUT2D eigenvalue weighted by Crippen LogP contribution is 2.46. The van der Waals surface area contributed by atoms with Gasteiger partial charge in [-0.2, -0.15) is 0 Å². The van der Waals surface area contributed by atoms with E-state index in [4.69, 9.17) is 14.2 Å². The fourth-order valence-corrected chi connectivity index (χ4v) is 4.60. The number of hydrogen-bond acceptors (Lipinski definition) is 7. The van der Waals surface area contributed by atoms with Crippen molar-refractivity contribution in [3.8, 4) is 17.2 Å². The van der Waals surface area contributed by atoms with Crippen molar-refractivity contribution in [2.75, 3.05) is 34.4 Å². The van der Waals surface area contributed by atoms with Gasteiger partial charge in [-0.05, 0) is 25.7 Å². The van der Waals surface area contributed by atoms with Crippen LogP contribution in [0.15, 0.2) is 6.07 Å². The van der Waals surface area contributed by atoms with Gasteiger partial charge < -0.3 is 24.4 Å². The minimum absolute atomic E-state index is 0.0432. The lowest BCUT2D eigenvalue weighted by Crippen LogP contribution is -2.48. The molecule has 32 heavy (non-hydrogen) atoms. The number of rotatable bonds is 7. The number of carbonyl (C=O) groups excluding carboxylic acids is 2. The molecule has 10 nitrogen and oxygen atoms in total. The topological polar surface area (TPSA) is 120 Å². The summed E-state index contributed by atoms with van der Waals surface area (Å²) in [6.07, 6.45) is 6.73. The van der Waals surface area contributed by atoms with Crippen LogP contribution in [-0.2, 0) is 4.79 Å². The van der Waals surface area contributed by atoms with Crippen molar-refractivity contribution >= 4 is 17.5 Å². The molecule has 1 aromatic carbocycles. The summed E-state index contributed by atoms with van der Waals surface area (Å²) in [4.78, 5) is 38.9. The second kappa shape index (κ2) is 10.5. The monoisotopic (exact) mass is 449 g/mol. The average Bonchev–Trinajstić information content (AvgIpc) is 2.82. The summed E-state index contributed by atoms with van der Waals surface area (Å²) >= 11 is 0. The molecule has 10 heteroatoms. The van der Waals surface area contributed by atoms with Crippen LogP contribution in [-0.4, -0.2) is 62.1 Å². The van der Waals surface area contributed by atoms with E-state index in [-0.39, 0.29) is 47.2 Å². The van der Waals surface area contributed by atoms with E-state index in [1.165, 1.54) is 38.7 Å². The first kappa shape index (κ1) is 23.6. The normalized spacial score (nSPS) is 19.2. The lowest BCUT2D eigenvalue weighted by Gasteiger charge is -2.33. The predicted molar refractivity (Wildman–Crippen MR) is 116 cm³/mol. The molecule has 2 aliphatic rings. The highest BCUT2D eigenvalue weighted by atomic mass is 16.6. The highest BCUT2D eigenvalue weighted by molar-refractivity contribution is 6.01. The van der Waals surface area contributed by atoms with Crippen LogP contribution in [0.2, 0.25) is 0 Å². The van der Waals surface area contributed by atoms with E-state index in [9.17, 15) is 19.7 Å². The van der Waals surface area contributed by atoms with Gasteiger partial charge in [-0.1, -0.05) is 19.3 Å². The maximum Gasteiger partial charge on any atom is 0.327 e. The number of nitro groups is 1. The summed E-state index contributed by atoms with van der Waals surface area (Å²) in [6, 6.07) is 1.49. The number of piperidine rings is 1. The maximum atomic E-state index is 13.4. The molecule has 0 bridgehead atoms. The van der Waals surface area contributed by atoms with Gasteiger partial charge in [-0.25, -0.2) is 0 Å². The third-order valence-electron chi connectivity index (χ3n) is 6.25. The number of nitro benzene ring substituents is 1. The summed E-state index contributed by atoms with van der Waals surface area (Å²) in [5.74, 6) is -0.900. The molecule has 1 aliphatic carbocycles. The quantitative estimate of drug-likeness (QED) is 0.502. The first-order chi connectivity index (χ1) is 15.4. The van der Waals surface area contributed by atoms with Crippen LogP contribution in [0.1, 0.15) is 55.3 Å². The zero-order valence-electron chi connectivity index (χ0n) is 18.8. The Hall–Kier alpha value is -3.04. The van der Waals surface area contributed by atoms with Crippen molar-refractivity contribution in [2.45, 2.75) is 51.0 Å². The Kier molecular flexibility index (Phi) is 7.76. The van der Waals surface area contributed by atoms with Crippen LogP contribution >= 0.6 is 0 Å². The molecule has 2 amide bonds. The number of hydrogen-bond donors (Lipinski definition) is 1. The Morgan fingerprint density at radius 2 is 1.72 bits per heavy atom. The van der Waals surface area contributed by atoms with Crippen LogP contribution in [0.25, 0.3) is 0 Å². The molecular weight excluding hydrogens is 418 g/mol. The summed E-state index contributed by atoms with van der Waals surface area (Å²) in [6.45, 7) is 0.630. The fourth-order valence-electron chi connectivity index (χ4n) is 4.60. The van der Waals surface area contributed by atoms with Gasteiger partial charge in [0.1, 0.15) is 5.56 Å². The molecule has 1 atom stereocenters. The zero-order valence-corrected chi connectivity index (χ0v) is 18.8. The highest BCUT2D eigenvalue weighted by Gasteiger charge is 2.37. The van der Waals surface area contributed by atoms with Crippen LogP contribution in [0.4, 0.5) is 5.69 Å².